The summed E-state index contributed by atoms with van der Waals surface area (Å²) in [4.78, 5) is 13.7. The van der Waals surface area contributed by atoms with Crippen molar-refractivity contribution in [3.63, 3.8) is 0 Å². The molecule has 0 aromatic heterocycles. The van der Waals surface area contributed by atoms with Gasteiger partial charge in [-0.05, 0) is 29.3 Å². The summed E-state index contributed by atoms with van der Waals surface area (Å²) < 4.78 is 12.9. The number of nitrogens with zero attached hydrogens (tertiary/aromatic N) is 1. The Labute approximate surface area is 127 Å². The zero-order chi connectivity index (χ0) is 15.0. The Bertz CT molecular complexity index is 674. The number of carbonyl (C=O) groups is 1. The molecule has 2 N–H and O–H groups in total. The molecule has 0 radical (unpaired) electrons. The van der Waals surface area contributed by atoms with Crippen molar-refractivity contribution in [1.82, 2.24) is 4.90 Å². The van der Waals surface area contributed by atoms with Crippen molar-refractivity contribution < 1.29 is 9.18 Å². The molecule has 5 heteroatoms. The highest BCUT2D eigenvalue weighted by Gasteiger charge is 2.46. The van der Waals surface area contributed by atoms with Crippen molar-refractivity contribution in [2.24, 2.45) is 5.73 Å². The second-order valence-corrected chi connectivity index (χ2v) is 5.49. The Balaban J connectivity index is 1.85. The highest BCUT2D eigenvalue weighted by atomic mass is 35.5. The quantitative estimate of drug-likeness (QED) is 0.886. The van der Waals surface area contributed by atoms with Gasteiger partial charge < -0.3 is 10.6 Å². The van der Waals surface area contributed by atoms with Gasteiger partial charge in [0.05, 0.1) is 6.04 Å². The number of benzene rings is 2. The normalized spacial score (nSPS) is 21.3. The molecule has 0 saturated carbocycles. The molecule has 2 atom stereocenters. The summed E-state index contributed by atoms with van der Waals surface area (Å²) in [6.45, 7) is 0.392. The number of rotatable bonds is 3. The van der Waals surface area contributed by atoms with Crippen molar-refractivity contribution in [2.45, 2.75) is 18.6 Å². The van der Waals surface area contributed by atoms with Gasteiger partial charge in [-0.15, -0.1) is 0 Å². The average molecular weight is 305 g/mol. The van der Waals surface area contributed by atoms with Crippen LogP contribution in [0.3, 0.4) is 0 Å². The maximum Gasteiger partial charge on any atom is 0.242 e. The molecule has 1 saturated heterocycles. The third-order valence-corrected chi connectivity index (χ3v) is 4.08. The second kappa shape index (κ2) is 5.47. The van der Waals surface area contributed by atoms with E-state index in [-0.39, 0.29) is 17.8 Å². The molecule has 0 spiro atoms. The van der Waals surface area contributed by atoms with Crippen LogP contribution in [0.1, 0.15) is 17.2 Å². The molecular weight excluding hydrogens is 291 g/mol. The topological polar surface area (TPSA) is 46.3 Å². The first-order valence-electron chi connectivity index (χ1n) is 6.63. The van der Waals surface area contributed by atoms with Crippen LogP contribution in [-0.2, 0) is 11.3 Å². The first kappa shape index (κ1) is 14.0. The minimum absolute atomic E-state index is 0.121. The van der Waals surface area contributed by atoms with E-state index < -0.39 is 6.04 Å². The molecule has 0 aliphatic carbocycles. The fourth-order valence-corrected chi connectivity index (χ4v) is 2.86. The smallest absolute Gasteiger partial charge is 0.242 e. The van der Waals surface area contributed by atoms with Gasteiger partial charge >= 0.3 is 0 Å². The maximum absolute atomic E-state index is 12.9. The van der Waals surface area contributed by atoms with Gasteiger partial charge in [-0.25, -0.2) is 4.39 Å². The van der Waals surface area contributed by atoms with Crippen molar-refractivity contribution in [2.75, 3.05) is 0 Å². The van der Waals surface area contributed by atoms with E-state index in [1.54, 1.807) is 23.1 Å². The molecule has 108 valence electrons. The van der Waals surface area contributed by atoms with Crippen LogP contribution in [0, 0.1) is 5.82 Å². The zero-order valence-corrected chi connectivity index (χ0v) is 11.9. The van der Waals surface area contributed by atoms with E-state index in [0.717, 1.165) is 11.1 Å². The number of amides is 1. The fraction of sp³-hybridized carbons (Fsp3) is 0.188. The van der Waals surface area contributed by atoms with Crippen molar-refractivity contribution in [3.8, 4) is 0 Å². The first-order valence-corrected chi connectivity index (χ1v) is 7.00. The number of nitrogens with two attached hydrogens (primary N) is 1. The van der Waals surface area contributed by atoms with Gasteiger partial charge in [-0.1, -0.05) is 41.9 Å². The van der Waals surface area contributed by atoms with Crippen LogP contribution in [-0.4, -0.2) is 16.8 Å². The summed E-state index contributed by atoms with van der Waals surface area (Å²) in [5.41, 5.74) is 7.62. The van der Waals surface area contributed by atoms with Crippen LogP contribution in [0.15, 0.2) is 48.5 Å². The summed E-state index contributed by atoms with van der Waals surface area (Å²) in [6, 6.07) is 12.6. The molecule has 1 aliphatic heterocycles. The molecule has 21 heavy (non-hydrogen) atoms. The predicted molar refractivity (Wildman–Crippen MR) is 79.1 cm³/mol. The lowest BCUT2D eigenvalue weighted by molar-refractivity contribution is -0.150. The van der Waals surface area contributed by atoms with Gasteiger partial charge in [0.2, 0.25) is 5.91 Å². The van der Waals surface area contributed by atoms with Gasteiger partial charge in [-0.3, -0.25) is 4.79 Å². The molecule has 2 aromatic rings. The molecule has 1 amide bonds. The minimum atomic E-state index is -0.578. The van der Waals surface area contributed by atoms with E-state index in [9.17, 15) is 9.18 Å². The Kier molecular flexibility index (Phi) is 3.66. The maximum atomic E-state index is 12.9. The summed E-state index contributed by atoms with van der Waals surface area (Å²) in [7, 11) is 0. The second-order valence-electron chi connectivity index (χ2n) is 5.08. The van der Waals surface area contributed by atoms with Crippen LogP contribution in [0.2, 0.25) is 5.02 Å². The van der Waals surface area contributed by atoms with Crippen molar-refractivity contribution in [1.29, 1.82) is 0 Å². The number of hydrogen-bond acceptors (Lipinski definition) is 2. The van der Waals surface area contributed by atoms with Crippen LogP contribution >= 0.6 is 11.6 Å². The lowest BCUT2D eigenvalue weighted by atomic mass is 9.88. The molecule has 0 bridgehead atoms. The van der Waals surface area contributed by atoms with Crippen LogP contribution < -0.4 is 5.73 Å². The van der Waals surface area contributed by atoms with E-state index in [1.165, 1.54) is 12.1 Å². The van der Waals surface area contributed by atoms with E-state index in [0.29, 0.717) is 11.6 Å². The molecule has 1 aliphatic rings. The largest absolute Gasteiger partial charge is 0.328 e. The average Bonchev–Trinajstić information content (AvgIpc) is 2.50. The molecule has 3 rings (SSSR count). The molecular formula is C16H14ClFN2O. The van der Waals surface area contributed by atoms with E-state index in [2.05, 4.69) is 0 Å². The molecule has 2 aromatic carbocycles. The van der Waals surface area contributed by atoms with Crippen LogP contribution in [0.4, 0.5) is 4.39 Å². The third-order valence-electron chi connectivity index (χ3n) is 3.73. The third kappa shape index (κ3) is 2.52. The van der Waals surface area contributed by atoms with Gasteiger partial charge in [0, 0.05) is 11.6 Å². The summed E-state index contributed by atoms with van der Waals surface area (Å²) in [6.07, 6.45) is 0. The number of likely N-dealkylation sites (tertiary alicyclic amines) is 1. The van der Waals surface area contributed by atoms with Gasteiger partial charge in [0.1, 0.15) is 11.9 Å². The predicted octanol–water partition coefficient (Wildman–Crippen LogP) is 2.89. The number of β-lactam (4-membered cyclic amide) rings is 1. The Morgan fingerprint density at radius 1 is 1.14 bits per heavy atom. The Morgan fingerprint density at radius 2 is 1.81 bits per heavy atom. The fourth-order valence-electron chi connectivity index (χ4n) is 2.61. The lowest BCUT2D eigenvalue weighted by Gasteiger charge is -2.46. The van der Waals surface area contributed by atoms with Gasteiger partial charge in [0.15, 0.2) is 0 Å². The van der Waals surface area contributed by atoms with E-state index >= 15 is 0 Å². The first-order chi connectivity index (χ1) is 10.1. The molecule has 3 nitrogen and oxygen atoms in total. The van der Waals surface area contributed by atoms with Crippen molar-refractivity contribution >= 4 is 17.5 Å². The highest BCUT2D eigenvalue weighted by Crippen LogP contribution is 2.38. The van der Waals surface area contributed by atoms with Crippen LogP contribution in [0.5, 0.6) is 0 Å². The minimum Gasteiger partial charge on any atom is -0.328 e. The number of hydrogen-bond donors (Lipinski definition) is 1. The van der Waals surface area contributed by atoms with Gasteiger partial charge in [0.25, 0.3) is 0 Å². The lowest BCUT2D eigenvalue weighted by Crippen LogP contribution is -2.62. The number of halogens is 2. The molecule has 1 heterocycles. The Morgan fingerprint density at radius 3 is 2.48 bits per heavy atom. The summed E-state index contributed by atoms with van der Waals surface area (Å²) >= 11 is 6.19. The van der Waals surface area contributed by atoms with E-state index in [1.807, 2.05) is 18.2 Å². The number of carbonyl (C=O) groups excluding carboxylic acids is 1. The zero-order valence-electron chi connectivity index (χ0n) is 11.2. The van der Waals surface area contributed by atoms with Gasteiger partial charge in [-0.2, -0.15) is 0 Å². The van der Waals surface area contributed by atoms with E-state index in [4.69, 9.17) is 17.3 Å². The summed E-state index contributed by atoms with van der Waals surface area (Å²) in [5.74, 6) is -0.419. The SMILES string of the molecule is N[C@@H]1C(=O)N(Cc2ccc(F)cc2)[C@H]1c1ccccc1Cl. The Hall–Kier alpha value is -1.91. The standard InChI is InChI=1S/C16H14ClFN2O/c17-13-4-2-1-3-12(13)15-14(19)16(21)20(15)9-10-5-7-11(18)8-6-10/h1-8,14-15H,9,19H2/t14-,15-/m0/s1. The summed E-state index contributed by atoms with van der Waals surface area (Å²) in [5, 5.41) is 0.592. The highest BCUT2D eigenvalue weighted by molar-refractivity contribution is 6.31. The molecule has 1 fully saturated rings. The van der Waals surface area contributed by atoms with Crippen LogP contribution in [0.25, 0.3) is 0 Å². The molecule has 0 unspecified atom stereocenters. The monoisotopic (exact) mass is 304 g/mol. The van der Waals surface area contributed by atoms with Crippen molar-refractivity contribution in [3.05, 3.63) is 70.5 Å².